The van der Waals surface area contributed by atoms with Gasteiger partial charge in [-0.05, 0) is 102 Å². The molecule has 0 amide bonds. The molecule has 0 N–H and O–H groups in total. The van der Waals surface area contributed by atoms with E-state index in [-0.39, 0.29) is 0 Å². The largest absolute Gasteiger partial charge is 0.274 e. The fourth-order valence-electron chi connectivity index (χ4n) is 7.94. The lowest BCUT2D eigenvalue weighted by Crippen LogP contribution is -2.35. The van der Waals surface area contributed by atoms with Gasteiger partial charge in [-0.3, -0.25) is 39.5 Å². The molecule has 10 rings (SSSR count). The Hall–Kier alpha value is -7.86. The summed E-state index contributed by atoms with van der Waals surface area (Å²) in [4.78, 5) is 49.3. The highest BCUT2D eigenvalue weighted by Crippen LogP contribution is 2.57. The van der Waals surface area contributed by atoms with Gasteiger partial charge in [0.1, 0.15) is 0 Å². The van der Waals surface area contributed by atoms with Crippen molar-refractivity contribution in [2.45, 2.75) is 55.4 Å². The summed E-state index contributed by atoms with van der Waals surface area (Å²) >= 11 is 0. The van der Waals surface area contributed by atoms with Crippen LogP contribution in [0.3, 0.4) is 0 Å². The molecule has 4 aromatic carbocycles. The number of fused-ring (bicyclic) bond motifs is 2. The summed E-state index contributed by atoms with van der Waals surface area (Å²) in [5.74, 6) is 3.92. The highest BCUT2D eigenvalue weighted by Gasteiger charge is 2.46. The van der Waals surface area contributed by atoms with Crippen LogP contribution in [0.1, 0.15) is 45.6 Å². The van der Waals surface area contributed by atoms with Crippen molar-refractivity contribution >= 4 is 46.0 Å². The van der Waals surface area contributed by atoms with E-state index in [1.165, 1.54) is 0 Å². The Bertz CT molecular complexity index is 2890. The van der Waals surface area contributed by atoms with Crippen molar-refractivity contribution in [1.82, 2.24) is 39.9 Å². The quantitative estimate of drug-likeness (QED) is 0.159. The minimum absolute atomic E-state index is 0.625. The van der Waals surface area contributed by atoms with E-state index in [9.17, 15) is 0 Å². The molecule has 0 fully saturated rings. The molecule has 0 unspecified atom stereocenters. The van der Waals surface area contributed by atoms with E-state index in [0.29, 0.717) is 34.9 Å². The summed E-state index contributed by atoms with van der Waals surface area (Å²) in [5.41, 5.74) is 14.4. The molecule has 0 saturated heterocycles. The van der Waals surface area contributed by atoms with Crippen molar-refractivity contribution in [3.8, 4) is 22.3 Å². The van der Waals surface area contributed by atoms with Gasteiger partial charge in [-0.15, -0.1) is 0 Å². The minimum Gasteiger partial charge on any atom is -0.274 e. The maximum absolute atomic E-state index is 5.26. The molecule has 12 heteroatoms. The number of hydrogen-bond acceptors (Lipinski definition) is 12. The van der Waals surface area contributed by atoms with Crippen LogP contribution in [-0.4, -0.2) is 39.9 Å². The second-order valence-electron chi connectivity index (χ2n) is 15.7. The second kappa shape index (κ2) is 15.0. The zero-order valence-electron chi connectivity index (χ0n) is 35.9. The Balaban J connectivity index is 1.38. The Morgan fingerprint density at radius 1 is 0.290 bits per heavy atom. The van der Waals surface area contributed by atoms with Gasteiger partial charge in [0, 0.05) is 0 Å². The van der Waals surface area contributed by atoms with Crippen LogP contribution in [-0.2, 0) is 0 Å². The number of aryl methyl sites for hydroxylation is 8. The Morgan fingerprint density at radius 3 is 0.871 bits per heavy atom. The fraction of sp³-hybridized carbons (Fsp3) is 0.160. The van der Waals surface area contributed by atoms with Crippen LogP contribution in [0, 0.1) is 55.4 Å². The van der Waals surface area contributed by atoms with Gasteiger partial charge in [-0.25, -0.2) is 19.9 Å². The molecule has 0 saturated carbocycles. The predicted octanol–water partition coefficient (Wildman–Crippen LogP) is 11.1. The molecular formula is C50H44N12. The maximum Gasteiger partial charge on any atom is 0.168 e. The molecule has 8 aromatic rings. The van der Waals surface area contributed by atoms with E-state index in [4.69, 9.17) is 39.9 Å². The Morgan fingerprint density at radius 2 is 0.581 bits per heavy atom. The van der Waals surface area contributed by atoms with Gasteiger partial charge in [0.25, 0.3) is 0 Å². The first-order valence-corrected chi connectivity index (χ1v) is 20.6. The third-order valence-corrected chi connectivity index (χ3v) is 11.8. The van der Waals surface area contributed by atoms with Crippen LogP contribution in [0.15, 0.2) is 133 Å². The molecule has 2 aliphatic heterocycles. The van der Waals surface area contributed by atoms with Crippen LogP contribution in [0.4, 0.5) is 46.0 Å². The molecule has 304 valence electrons. The van der Waals surface area contributed by atoms with E-state index in [2.05, 4.69) is 105 Å². The summed E-state index contributed by atoms with van der Waals surface area (Å²) in [6.45, 7) is 15.9. The summed E-state index contributed by atoms with van der Waals surface area (Å²) < 4.78 is 0. The van der Waals surface area contributed by atoms with Crippen molar-refractivity contribution in [1.29, 1.82) is 0 Å². The number of anilines is 8. The number of benzene rings is 4. The van der Waals surface area contributed by atoms with Crippen molar-refractivity contribution in [3.05, 3.63) is 179 Å². The molecule has 12 nitrogen and oxygen atoms in total. The van der Waals surface area contributed by atoms with Crippen molar-refractivity contribution in [3.63, 3.8) is 0 Å². The van der Waals surface area contributed by atoms with Gasteiger partial charge >= 0.3 is 0 Å². The first kappa shape index (κ1) is 38.3. The molecule has 0 radical (unpaired) electrons. The van der Waals surface area contributed by atoms with E-state index < -0.39 is 0 Å². The molecular weight excluding hydrogens is 769 g/mol. The van der Waals surface area contributed by atoms with Crippen molar-refractivity contribution in [2.75, 3.05) is 19.6 Å². The smallest absolute Gasteiger partial charge is 0.168 e. The molecule has 0 spiro atoms. The average Bonchev–Trinajstić information content (AvgIpc) is 3.80. The third kappa shape index (κ3) is 6.38. The van der Waals surface area contributed by atoms with Gasteiger partial charge in [0.05, 0.1) is 93.1 Å². The van der Waals surface area contributed by atoms with Gasteiger partial charge in [-0.1, -0.05) is 72.8 Å². The minimum atomic E-state index is 0.625. The van der Waals surface area contributed by atoms with E-state index in [1.54, 1.807) is 0 Å². The highest BCUT2D eigenvalue weighted by atomic mass is 15.5. The monoisotopic (exact) mass is 812 g/mol. The second-order valence-corrected chi connectivity index (χ2v) is 15.7. The van der Waals surface area contributed by atoms with Gasteiger partial charge in [-0.2, -0.15) is 0 Å². The average molecular weight is 813 g/mol. The molecule has 62 heavy (non-hydrogen) atoms. The van der Waals surface area contributed by atoms with Crippen LogP contribution < -0.4 is 19.6 Å². The lowest BCUT2D eigenvalue weighted by Gasteiger charge is -2.32. The van der Waals surface area contributed by atoms with Crippen molar-refractivity contribution in [2.24, 2.45) is 0 Å². The maximum atomic E-state index is 5.26. The number of nitrogens with zero attached hydrogens (tertiary/aromatic N) is 12. The van der Waals surface area contributed by atoms with E-state index in [0.717, 1.165) is 90.6 Å². The van der Waals surface area contributed by atoms with Crippen LogP contribution >= 0.6 is 0 Å². The normalized spacial score (nSPS) is 14.5. The summed E-state index contributed by atoms with van der Waals surface area (Å²) in [6, 6.07) is 33.9. The fourth-order valence-corrected chi connectivity index (χ4v) is 7.94. The van der Waals surface area contributed by atoms with Crippen LogP contribution in [0.25, 0.3) is 22.3 Å². The van der Waals surface area contributed by atoms with E-state index >= 15 is 0 Å². The predicted molar refractivity (Wildman–Crippen MR) is 245 cm³/mol. The summed E-state index contributed by atoms with van der Waals surface area (Å²) in [7, 11) is 0. The number of rotatable bonds is 6. The van der Waals surface area contributed by atoms with Crippen LogP contribution in [0.2, 0.25) is 0 Å². The SMILES string of the molecule is Cc1ncc(N2/C(=C3/N(c4cnc(C)c(C)n4)c4ccc(-c5ccccc5)cc4N3c3cnc(C)c(C)n3)N(c3cnc(C)c(C)n3)c3cc(-c4ccccc4)ccc32)nc1C. The Kier molecular flexibility index (Phi) is 9.28. The first-order chi connectivity index (χ1) is 30.0. The lowest BCUT2D eigenvalue weighted by atomic mass is 10.0. The lowest BCUT2D eigenvalue weighted by molar-refractivity contribution is 0.920. The van der Waals surface area contributed by atoms with Gasteiger partial charge in [0.15, 0.2) is 34.9 Å². The molecule has 6 heterocycles. The summed E-state index contributed by atoms with van der Waals surface area (Å²) in [6.07, 6.45) is 7.35. The molecule has 2 aliphatic rings. The van der Waals surface area contributed by atoms with Gasteiger partial charge in [0.2, 0.25) is 0 Å². The zero-order chi connectivity index (χ0) is 42.8. The number of aromatic nitrogens is 8. The van der Waals surface area contributed by atoms with E-state index in [1.807, 2.05) is 92.3 Å². The molecule has 4 aromatic heterocycles. The zero-order valence-corrected chi connectivity index (χ0v) is 35.9. The topological polar surface area (TPSA) is 116 Å². The molecule has 0 bridgehead atoms. The molecule has 0 atom stereocenters. The Labute approximate surface area is 361 Å². The van der Waals surface area contributed by atoms with Gasteiger partial charge < -0.3 is 0 Å². The first-order valence-electron chi connectivity index (χ1n) is 20.6. The number of hydrogen-bond donors (Lipinski definition) is 0. The standard InChI is InChI=1S/C50H44N12/c1-29-33(5)55-45(25-51-29)59-41-21-19-39(37-15-11-9-12-16-37)23-43(41)61(47-27-53-31(3)35(7)57-47)49(59)50-60(46-26-52-30(2)34(6)56-46)42-22-20-40(38-17-13-10-14-18-38)24-44(42)62(50)48-28-54-32(4)36(8)58-48/h9-28H,1-8H3/b50-49+. The third-order valence-electron chi connectivity index (χ3n) is 11.8. The van der Waals surface area contributed by atoms with Crippen molar-refractivity contribution < 1.29 is 0 Å². The highest BCUT2D eigenvalue weighted by molar-refractivity contribution is 6.00. The van der Waals surface area contributed by atoms with Crippen LogP contribution in [0.5, 0.6) is 0 Å². The molecule has 0 aliphatic carbocycles. The summed E-state index contributed by atoms with van der Waals surface area (Å²) in [5, 5.41) is 0.